The van der Waals surface area contributed by atoms with Gasteiger partial charge in [-0.1, -0.05) is 194 Å². The number of hydrogen-bond acceptors (Lipinski definition) is 11. The monoisotopic (exact) mass is 1070 g/mol. The number of aliphatic hydroxyl groups excluding tert-OH is 2. The maximum Gasteiger partial charge on any atom is 0.335 e. The van der Waals surface area contributed by atoms with Crippen molar-refractivity contribution < 1.29 is 58.2 Å². The normalized spacial score (nSPS) is 18.9. The Morgan fingerprint density at radius 1 is 0.429 bits per heavy atom. The van der Waals surface area contributed by atoms with E-state index in [-0.39, 0.29) is 25.9 Å². The minimum Gasteiger partial charge on any atom is -0.479 e. The zero-order chi connectivity index (χ0) is 56.1. The fourth-order valence-corrected chi connectivity index (χ4v) is 8.09. The zero-order valence-corrected chi connectivity index (χ0v) is 47.7. The number of rotatable bonds is 48. The van der Waals surface area contributed by atoms with Crippen LogP contribution in [0.25, 0.3) is 0 Å². The van der Waals surface area contributed by atoms with E-state index in [2.05, 4.69) is 142 Å². The summed E-state index contributed by atoms with van der Waals surface area (Å²) in [6.07, 6.45) is 58.8. The van der Waals surface area contributed by atoms with Crippen LogP contribution in [0.15, 0.2) is 122 Å². The average Bonchev–Trinajstić information content (AvgIpc) is 3.43. The molecule has 1 aliphatic rings. The van der Waals surface area contributed by atoms with Crippen LogP contribution in [0.1, 0.15) is 213 Å². The van der Waals surface area contributed by atoms with Crippen LogP contribution >= 0.6 is 0 Å². The molecule has 1 saturated heterocycles. The molecular weight excluding hydrogens is 973 g/mol. The molecule has 0 saturated carbocycles. The molecule has 6 unspecified atom stereocenters. The van der Waals surface area contributed by atoms with Crippen LogP contribution in [0, 0.1) is 0 Å². The fraction of sp³-hybridized carbons (Fsp3) is 0.631. The summed E-state index contributed by atoms with van der Waals surface area (Å²) >= 11 is 0. The average molecular weight is 1080 g/mol. The number of esters is 3. The number of unbranched alkanes of at least 4 members (excludes halogenated alkanes) is 14. The van der Waals surface area contributed by atoms with Crippen LogP contribution in [0.2, 0.25) is 0 Å². The first-order chi connectivity index (χ1) is 37.6. The highest BCUT2D eigenvalue weighted by atomic mass is 16.7. The van der Waals surface area contributed by atoms with Gasteiger partial charge in [-0.15, -0.1) is 0 Å². The summed E-state index contributed by atoms with van der Waals surface area (Å²) in [4.78, 5) is 51.1. The molecule has 3 N–H and O–H groups in total. The van der Waals surface area contributed by atoms with Crippen LogP contribution in [-0.2, 0) is 42.9 Å². The summed E-state index contributed by atoms with van der Waals surface area (Å²) in [5.74, 6) is -3.23. The second-order valence-electron chi connectivity index (χ2n) is 19.5. The fourth-order valence-electron chi connectivity index (χ4n) is 8.09. The number of carboxylic acids is 1. The third kappa shape index (κ3) is 41.8. The van der Waals surface area contributed by atoms with E-state index in [0.717, 1.165) is 148 Å². The van der Waals surface area contributed by atoms with Gasteiger partial charge in [0.2, 0.25) is 0 Å². The van der Waals surface area contributed by atoms with Gasteiger partial charge in [0.1, 0.15) is 18.8 Å². The molecule has 0 aliphatic carbocycles. The number of hydrogen-bond donors (Lipinski definition) is 3. The van der Waals surface area contributed by atoms with Crippen molar-refractivity contribution in [2.75, 3.05) is 13.2 Å². The van der Waals surface area contributed by atoms with E-state index >= 15 is 0 Å². The van der Waals surface area contributed by atoms with Gasteiger partial charge in [0.25, 0.3) is 0 Å². The molecule has 0 aromatic rings. The van der Waals surface area contributed by atoms with Crippen molar-refractivity contribution in [2.45, 2.75) is 250 Å². The second-order valence-corrected chi connectivity index (χ2v) is 19.5. The van der Waals surface area contributed by atoms with Gasteiger partial charge in [-0.3, -0.25) is 14.4 Å². The van der Waals surface area contributed by atoms with Crippen molar-refractivity contribution in [1.29, 1.82) is 0 Å². The SMILES string of the molecule is CC/C=C\C/C=C\C/C=C\C/C=C\CCCCC(=O)OC(COC(=O)CCCCCCCCC/C=C\C/C=C\C/C=C\CC)COC1OC(C(=O)O)C(O)C(O)C1OC(=O)CCCCCCC/C=C\C/C=C\C/C=C\CC. The van der Waals surface area contributed by atoms with Gasteiger partial charge in [-0.2, -0.15) is 0 Å². The Morgan fingerprint density at radius 2 is 0.779 bits per heavy atom. The third-order valence-corrected chi connectivity index (χ3v) is 12.5. The molecule has 0 aromatic heterocycles. The zero-order valence-electron chi connectivity index (χ0n) is 47.7. The first kappa shape index (κ1) is 70.1. The minimum absolute atomic E-state index is 0.0286. The summed E-state index contributed by atoms with van der Waals surface area (Å²) in [6.45, 7) is 5.59. The molecule has 1 aliphatic heterocycles. The number of carboxylic acid groups (broad SMARTS) is 1. The largest absolute Gasteiger partial charge is 0.479 e. The number of carbonyl (C=O) groups is 4. The number of ether oxygens (including phenoxy) is 5. The van der Waals surface area contributed by atoms with Crippen molar-refractivity contribution in [1.82, 2.24) is 0 Å². The van der Waals surface area contributed by atoms with E-state index < -0.39 is 67.3 Å². The molecule has 77 heavy (non-hydrogen) atoms. The summed E-state index contributed by atoms with van der Waals surface area (Å²) in [6, 6.07) is 0. The van der Waals surface area contributed by atoms with Gasteiger partial charge in [0, 0.05) is 19.3 Å². The van der Waals surface area contributed by atoms with Crippen molar-refractivity contribution >= 4 is 23.9 Å². The van der Waals surface area contributed by atoms with E-state index in [1.54, 1.807) is 0 Å². The smallest absolute Gasteiger partial charge is 0.335 e. The van der Waals surface area contributed by atoms with Gasteiger partial charge >= 0.3 is 23.9 Å². The first-order valence-corrected chi connectivity index (χ1v) is 29.5. The molecular formula is C65H102O12. The molecule has 0 aromatic carbocycles. The summed E-state index contributed by atoms with van der Waals surface area (Å²) in [5, 5.41) is 31.5. The number of aliphatic carboxylic acids is 1. The van der Waals surface area contributed by atoms with Crippen molar-refractivity contribution in [3.8, 4) is 0 Å². The molecule has 1 rings (SSSR count). The maximum absolute atomic E-state index is 13.1. The Kier molecular flexibility index (Phi) is 47.2. The van der Waals surface area contributed by atoms with Crippen LogP contribution in [0.3, 0.4) is 0 Å². The van der Waals surface area contributed by atoms with Gasteiger partial charge in [-0.25, -0.2) is 4.79 Å². The lowest BCUT2D eigenvalue weighted by atomic mass is 9.98. The summed E-state index contributed by atoms with van der Waals surface area (Å²) in [5.41, 5.74) is 0. The lowest BCUT2D eigenvalue weighted by molar-refractivity contribution is -0.301. The number of allylic oxidation sites excluding steroid dienone is 20. The first-order valence-electron chi connectivity index (χ1n) is 29.5. The van der Waals surface area contributed by atoms with E-state index in [1.807, 2.05) is 0 Å². The minimum atomic E-state index is -1.92. The maximum atomic E-state index is 13.1. The van der Waals surface area contributed by atoms with Crippen molar-refractivity contribution in [2.24, 2.45) is 0 Å². The molecule has 0 radical (unpaired) electrons. The van der Waals surface area contributed by atoms with Crippen molar-refractivity contribution in [3.63, 3.8) is 0 Å². The van der Waals surface area contributed by atoms with Gasteiger partial charge in [0.15, 0.2) is 24.6 Å². The van der Waals surface area contributed by atoms with Crippen LogP contribution in [-0.4, -0.2) is 89.2 Å². The molecule has 1 heterocycles. The number of aliphatic hydroxyl groups is 2. The molecule has 0 spiro atoms. The van der Waals surface area contributed by atoms with Crippen LogP contribution in [0.4, 0.5) is 0 Å². The van der Waals surface area contributed by atoms with Gasteiger partial charge < -0.3 is 39.0 Å². The van der Waals surface area contributed by atoms with E-state index in [0.29, 0.717) is 19.3 Å². The standard InChI is InChI=1S/C65H102O12/c1-4-7-10-13-16-19-22-25-28-29-32-33-36-39-42-45-48-51-57(66)73-54-56(75-58(67)52-49-46-43-40-37-34-30-26-23-20-17-14-11-8-5-2)55-74-65-63(61(70)60(69)62(77-65)64(71)72)76-59(68)53-50-47-44-41-38-35-31-27-24-21-18-15-12-9-6-3/h7-12,16-21,25-28,30-31,37,40,56,60-63,65,69-70H,4-6,13-15,22-24,29,32-36,38-39,41-55H2,1-3H3,(H,71,72)/b10-7-,11-8-,12-9-,19-16-,20-17-,21-18-,28-25-,30-26-,31-27-,40-37-. The van der Waals surface area contributed by atoms with E-state index in [9.17, 15) is 34.5 Å². The summed E-state index contributed by atoms with van der Waals surface area (Å²) < 4.78 is 28.4. The Hall–Kier alpha value is -4.88. The third-order valence-electron chi connectivity index (χ3n) is 12.5. The van der Waals surface area contributed by atoms with E-state index in [4.69, 9.17) is 23.7 Å². The molecule has 6 atom stereocenters. The highest BCUT2D eigenvalue weighted by molar-refractivity contribution is 5.74. The highest BCUT2D eigenvalue weighted by Crippen LogP contribution is 2.26. The van der Waals surface area contributed by atoms with Crippen LogP contribution in [0.5, 0.6) is 0 Å². The summed E-state index contributed by atoms with van der Waals surface area (Å²) in [7, 11) is 0. The molecule has 12 heteroatoms. The molecule has 1 fully saturated rings. The van der Waals surface area contributed by atoms with Gasteiger partial charge in [-0.05, 0) is 122 Å². The van der Waals surface area contributed by atoms with Gasteiger partial charge in [0.05, 0.1) is 6.61 Å². The predicted octanol–water partition coefficient (Wildman–Crippen LogP) is 15.2. The Morgan fingerprint density at radius 3 is 1.21 bits per heavy atom. The Balaban J connectivity index is 2.74. The van der Waals surface area contributed by atoms with Crippen LogP contribution < -0.4 is 0 Å². The molecule has 0 amide bonds. The Labute approximate surface area is 465 Å². The Bertz CT molecular complexity index is 1800. The predicted molar refractivity (Wildman–Crippen MR) is 312 cm³/mol. The topological polar surface area (TPSA) is 175 Å². The second kappa shape index (κ2) is 51.9. The molecule has 434 valence electrons. The van der Waals surface area contributed by atoms with Crippen molar-refractivity contribution in [3.05, 3.63) is 122 Å². The highest BCUT2D eigenvalue weighted by Gasteiger charge is 2.50. The lowest BCUT2D eigenvalue weighted by Gasteiger charge is -2.40. The van der Waals surface area contributed by atoms with E-state index in [1.165, 1.54) is 6.42 Å². The lowest BCUT2D eigenvalue weighted by Crippen LogP contribution is -2.61. The quantitative estimate of drug-likeness (QED) is 0.0228. The molecule has 0 bridgehead atoms. The number of carbonyl (C=O) groups excluding carboxylic acids is 3. The molecule has 12 nitrogen and oxygen atoms in total.